The minimum absolute atomic E-state index is 0.0529. The predicted octanol–water partition coefficient (Wildman–Crippen LogP) is 2.47. The van der Waals surface area contributed by atoms with Crippen molar-refractivity contribution in [3.63, 3.8) is 0 Å². The van der Waals surface area contributed by atoms with E-state index in [1.54, 1.807) is 32.9 Å². The molecule has 14 nitrogen and oxygen atoms in total. The van der Waals surface area contributed by atoms with E-state index in [4.69, 9.17) is 42.3 Å². The monoisotopic (exact) mass is 643 g/mol. The third-order valence-corrected chi connectivity index (χ3v) is 7.58. The van der Waals surface area contributed by atoms with Crippen LogP contribution in [0.15, 0.2) is 29.3 Å². The first kappa shape index (κ1) is 33.4. The van der Waals surface area contributed by atoms with Crippen LogP contribution in [0, 0.1) is 0 Å². The summed E-state index contributed by atoms with van der Waals surface area (Å²) in [6, 6.07) is 7.09. The lowest BCUT2D eigenvalue weighted by Crippen LogP contribution is -2.45. The first-order valence-corrected chi connectivity index (χ1v) is 15.0. The summed E-state index contributed by atoms with van der Waals surface area (Å²) in [5.41, 5.74) is 11.2. The van der Waals surface area contributed by atoms with Crippen molar-refractivity contribution in [1.82, 2.24) is 20.2 Å². The van der Waals surface area contributed by atoms with Gasteiger partial charge in [0.15, 0.2) is 35.7 Å². The number of amides is 2. The average molecular weight is 644 g/mol. The maximum Gasteiger partial charge on any atom is 0.344 e. The number of rotatable bonds is 9. The van der Waals surface area contributed by atoms with Gasteiger partial charge >= 0.3 is 11.9 Å². The van der Waals surface area contributed by atoms with E-state index < -0.39 is 30.1 Å². The fourth-order valence-electron chi connectivity index (χ4n) is 5.03. The third kappa shape index (κ3) is 9.51. The molecule has 15 heteroatoms. The van der Waals surface area contributed by atoms with Gasteiger partial charge in [0, 0.05) is 25.9 Å². The van der Waals surface area contributed by atoms with Gasteiger partial charge in [-0.25, -0.2) is 19.6 Å². The highest BCUT2D eigenvalue weighted by molar-refractivity contribution is 6.31. The Hall–Kier alpha value is -4.46. The molecule has 4 rings (SSSR count). The van der Waals surface area contributed by atoms with Gasteiger partial charge in [-0.3, -0.25) is 14.6 Å². The van der Waals surface area contributed by atoms with Gasteiger partial charge in [-0.15, -0.1) is 0 Å². The topological polar surface area (TPSA) is 201 Å². The van der Waals surface area contributed by atoms with Gasteiger partial charge in [0.1, 0.15) is 17.2 Å². The second kappa shape index (κ2) is 14.1. The summed E-state index contributed by atoms with van der Waals surface area (Å²) in [5.74, 6) is -0.986. The van der Waals surface area contributed by atoms with Crippen LogP contribution in [0.25, 0.3) is 0 Å². The standard InChI is InChI=1S/C30H38ClN7O7/c1-29(2,3)45-23(41)17-44-22(40)16-43-19-7-4-18(5-8-19)6-9-21(39)38-14-12-30(13-15-38)11-10-20(37-30)34-28(42)24-26(32)36-27(33)25(31)35-24/h4-5,7-8H,6,9-17H2,1-3H3,(H4,32,33,36)(H,34,37,42). The lowest BCUT2D eigenvalue weighted by Gasteiger charge is -2.37. The number of hydrogen-bond donors (Lipinski definition) is 3. The number of likely N-dealkylation sites (tertiary alicyclic amines) is 1. The number of carbonyl (C=O) groups is 4. The van der Waals surface area contributed by atoms with Gasteiger partial charge in [0.05, 0.1) is 5.54 Å². The Labute approximate surface area is 265 Å². The number of amidine groups is 1. The number of halogens is 1. The highest BCUT2D eigenvalue weighted by Gasteiger charge is 2.39. The summed E-state index contributed by atoms with van der Waals surface area (Å²) in [4.78, 5) is 63.6. The van der Waals surface area contributed by atoms with E-state index in [0.717, 1.165) is 12.0 Å². The molecule has 2 amide bonds. The fraction of sp³-hybridized carbons (Fsp3) is 0.500. The molecular formula is C30H38ClN7O7. The van der Waals surface area contributed by atoms with Crippen LogP contribution in [-0.2, 0) is 30.3 Å². The molecule has 0 aliphatic carbocycles. The van der Waals surface area contributed by atoms with Gasteiger partial charge < -0.3 is 35.9 Å². The van der Waals surface area contributed by atoms with Crippen molar-refractivity contribution in [2.75, 3.05) is 37.8 Å². The summed E-state index contributed by atoms with van der Waals surface area (Å²) in [6.45, 7) is 5.49. The number of carbonyl (C=O) groups excluding carboxylic acids is 4. The first-order chi connectivity index (χ1) is 21.2. The van der Waals surface area contributed by atoms with Crippen LogP contribution in [0.3, 0.4) is 0 Å². The Kier molecular flexibility index (Phi) is 10.5. The molecule has 5 N–H and O–H groups in total. The highest BCUT2D eigenvalue weighted by Crippen LogP contribution is 2.36. The number of nitrogens with one attached hydrogen (secondary N) is 1. The number of hydrogen-bond acceptors (Lipinski definition) is 12. The largest absolute Gasteiger partial charge is 0.482 e. The zero-order chi connectivity index (χ0) is 32.8. The van der Waals surface area contributed by atoms with Crippen LogP contribution >= 0.6 is 11.6 Å². The molecule has 2 aliphatic heterocycles. The van der Waals surface area contributed by atoms with E-state index in [-0.39, 0.29) is 40.5 Å². The summed E-state index contributed by atoms with van der Waals surface area (Å²) in [7, 11) is 0. The lowest BCUT2D eigenvalue weighted by molar-refractivity contribution is -0.167. The zero-order valence-electron chi connectivity index (χ0n) is 25.6. The number of piperidine rings is 1. The van der Waals surface area contributed by atoms with Crippen molar-refractivity contribution >= 4 is 52.8 Å². The van der Waals surface area contributed by atoms with E-state index in [2.05, 4.69) is 15.3 Å². The van der Waals surface area contributed by atoms with E-state index >= 15 is 0 Å². The molecule has 0 saturated carbocycles. The smallest absolute Gasteiger partial charge is 0.344 e. The molecule has 242 valence electrons. The second-order valence-corrected chi connectivity index (χ2v) is 12.3. The summed E-state index contributed by atoms with van der Waals surface area (Å²) < 4.78 is 15.4. The van der Waals surface area contributed by atoms with Crippen molar-refractivity contribution in [3.05, 3.63) is 40.7 Å². The predicted molar refractivity (Wildman–Crippen MR) is 166 cm³/mol. The number of aliphatic imine (C=N–C) groups is 1. The Morgan fingerprint density at radius 2 is 1.67 bits per heavy atom. The molecule has 0 unspecified atom stereocenters. The number of nitrogens with two attached hydrogens (primary N) is 2. The molecule has 1 spiro atoms. The quantitative estimate of drug-likeness (QED) is 0.339. The fourth-order valence-corrected chi connectivity index (χ4v) is 5.16. The second-order valence-electron chi connectivity index (χ2n) is 11.9. The van der Waals surface area contributed by atoms with E-state index in [1.807, 2.05) is 17.0 Å². The van der Waals surface area contributed by atoms with Crippen LogP contribution < -0.4 is 21.5 Å². The number of anilines is 2. The number of benzene rings is 1. The van der Waals surface area contributed by atoms with E-state index in [0.29, 0.717) is 56.8 Å². The number of ether oxygens (including phenoxy) is 3. The Bertz CT molecular complexity index is 1470. The Morgan fingerprint density at radius 3 is 2.33 bits per heavy atom. The van der Waals surface area contributed by atoms with Crippen LogP contribution in [0.2, 0.25) is 5.15 Å². The number of aromatic nitrogens is 2. The highest BCUT2D eigenvalue weighted by atomic mass is 35.5. The molecule has 1 saturated heterocycles. The van der Waals surface area contributed by atoms with Crippen LogP contribution in [0.4, 0.5) is 11.6 Å². The zero-order valence-corrected chi connectivity index (χ0v) is 26.3. The van der Waals surface area contributed by atoms with Crippen molar-refractivity contribution < 1.29 is 33.4 Å². The van der Waals surface area contributed by atoms with E-state index in [9.17, 15) is 19.2 Å². The lowest BCUT2D eigenvalue weighted by atomic mass is 9.86. The Morgan fingerprint density at radius 1 is 0.978 bits per heavy atom. The van der Waals surface area contributed by atoms with Crippen LogP contribution in [-0.4, -0.2) is 81.9 Å². The Balaban J connectivity index is 1.17. The summed E-state index contributed by atoms with van der Waals surface area (Å²) in [5, 5.41) is 2.66. The maximum atomic E-state index is 12.9. The molecule has 2 aromatic rings. The minimum atomic E-state index is -0.688. The number of esters is 2. The normalized spacial score (nSPS) is 15.7. The molecule has 0 bridgehead atoms. The third-order valence-electron chi connectivity index (χ3n) is 7.30. The number of nitrogen functional groups attached to an aromatic ring is 2. The maximum absolute atomic E-state index is 12.9. The van der Waals surface area contributed by atoms with Crippen molar-refractivity contribution in [2.45, 2.75) is 70.4 Å². The molecule has 3 heterocycles. The van der Waals surface area contributed by atoms with Gasteiger partial charge in [-0.2, -0.15) is 0 Å². The SMILES string of the molecule is CC(C)(C)OC(=O)COC(=O)COc1ccc(CCC(=O)N2CCC3(CCC(NC(=O)c4nc(Cl)c(N)nc4N)=N3)CC2)cc1. The van der Waals surface area contributed by atoms with Crippen molar-refractivity contribution in [2.24, 2.45) is 4.99 Å². The van der Waals surface area contributed by atoms with Gasteiger partial charge in [-0.1, -0.05) is 23.7 Å². The van der Waals surface area contributed by atoms with E-state index in [1.165, 1.54) is 0 Å². The molecule has 1 aromatic heterocycles. The average Bonchev–Trinajstić information content (AvgIpc) is 3.36. The first-order valence-electron chi connectivity index (χ1n) is 14.6. The number of aryl methyl sites for hydroxylation is 1. The molecule has 2 aliphatic rings. The summed E-state index contributed by atoms with van der Waals surface area (Å²) in [6.07, 6.45) is 3.64. The molecule has 1 fully saturated rings. The molecule has 0 radical (unpaired) electrons. The molecular weight excluding hydrogens is 606 g/mol. The molecule has 1 aromatic carbocycles. The van der Waals surface area contributed by atoms with Crippen LogP contribution in [0.5, 0.6) is 5.75 Å². The van der Waals surface area contributed by atoms with Gasteiger partial charge in [0.25, 0.3) is 5.91 Å². The summed E-state index contributed by atoms with van der Waals surface area (Å²) >= 11 is 5.89. The van der Waals surface area contributed by atoms with Crippen molar-refractivity contribution in [1.29, 1.82) is 0 Å². The van der Waals surface area contributed by atoms with Gasteiger partial charge in [0.2, 0.25) is 5.91 Å². The molecule has 45 heavy (non-hydrogen) atoms. The minimum Gasteiger partial charge on any atom is -0.482 e. The molecule has 0 atom stereocenters. The number of nitrogens with zero attached hydrogens (tertiary/aromatic N) is 4. The van der Waals surface area contributed by atoms with Crippen molar-refractivity contribution in [3.8, 4) is 5.75 Å². The van der Waals surface area contributed by atoms with Gasteiger partial charge in [-0.05, 0) is 64.2 Å². The van der Waals surface area contributed by atoms with Crippen LogP contribution in [0.1, 0.15) is 68.9 Å².